The van der Waals surface area contributed by atoms with Crippen LogP contribution in [0.4, 0.5) is 0 Å². The van der Waals surface area contributed by atoms with E-state index in [1.165, 1.54) is 20.0 Å². The lowest BCUT2D eigenvalue weighted by atomic mass is 10.1. The van der Waals surface area contributed by atoms with Crippen molar-refractivity contribution in [2.45, 2.75) is 12.8 Å². The molecule has 0 unspecified atom stereocenters. The number of carbonyl (C=O) groups is 1. The molecule has 2 rings (SSSR count). The molecule has 0 atom stereocenters. The first-order valence-corrected chi connectivity index (χ1v) is 5.16. The standard InChI is InChI=1S/C13H14O2/c1-15-13(14)12-8-6-11(7-9-12)5-4-10-2-3-10/h4-10H,2-3H2,1H3. The van der Waals surface area contributed by atoms with E-state index in [1.54, 1.807) is 12.1 Å². The average Bonchev–Trinajstić information content (AvgIpc) is 3.10. The van der Waals surface area contributed by atoms with Crippen LogP contribution in [0.2, 0.25) is 0 Å². The van der Waals surface area contributed by atoms with Crippen molar-refractivity contribution in [3.8, 4) is 0 Å². The highest BCUT2D eigenvalue weighted by Crippen LogP contribution is 2.30. The molecule has 0 spiro atoms. The molecule has 1 aliphatic carbocycles. The Hall–Kier alpha value is -1.57. The SMILES string of the molecule is COC(=O)c1ccc(C=CC2CC2)cc1. The van der Waals surface area contributed by atoms with Crippen molar-refractivity contribution in [2.24, 2.45) is 5.92 Å². The van der Waals surface area contributed by atoms with Crippen LogP contribution in [-0.4, -0.2) is 13.1 Å². The number of carbonyl (C=O) groups excluding carboxylic acids is 1. The predicted octanol–water partition coefficient (Wildman–Crippen LogP) is 2.90. The molecule has 0 heterocycles. The van der Waals surface area contributed by atoms with Crippen LogP contribution >= 0.6 is 0 Å². The van der Waals surface area contributed by atoms with Crippen molar-refractivity contribution in [3.05, 3.63) is 41.5 Å². The molecule has 1 saturated carbocycles. The third-order valence-corrected chi connectivity index (χ3v) is 2.51. The number of rotatable bonds is 3. The summed E-state index contributed by atoms with van der Waals surface area (Å²) in [5.74, 6) is 0.498. The van der Waals surface area contributed by atoms with Crippen LogP contribution in [0.3, 0.4) is 0 Å². The minimum absolute atomic E-state index is 0.285. The van der Waals surface area contributed by atoms with Crippen molar-refractivity contribution in [2.75, 3.05) is 7.11 Å². The van der Waals surface area contributed by atoms with Crippen molar-refractivity contribution < 1.29 is 9.53 Å². The minimum atomic E-state index is -0.285. The summed E-state index contributed by atoms with van der Waals surface area (Å²) >= 11 is 0. The minimum Gasteiger partial charge on any atom is -0.465 e. The van der Waals surface area contributed by atoms with Gasteiger partial charge in [0.25, 0.3) is 0 Å². The summed E-state index contributed by atoms with van der Waals surface area (Å²) in [6.07, 6.45) is 6.97. The van der Waals surface area contributed by atoms with Gasteiger partial charge in [-0.2, -0.15) is 0 Å². The molecule has 0 radical (unpaired) electrons. The third-order valence-electron chi connectivity index (χ3n) is 2.51. The maximum atomic E-state index is 11.2. The third kappa shape index (κ3) is 2.69. The second-order valence-electron chi connectivity index (χ2n) is 3.81. The molecule has 0 amide bonds. The number of allylic oxidation sites excluding steroid dienone is 1. The summed E-state index contributed by atoms with van der Waals surface area (Å²) in [7, 11) is 1.39. The number of methoxy groups -OCH3 is 1. The number of ether oxygens (including phenoxy) is 1. The van der Waals surface area contributed by atoms with Gasteiger partial charge >= 0.3 is 5.97 Å². The zero-order valence-corrected chi connectivity index (χ0v) is 8.77. The van der Waals surface area contributed by atoms with E-state index >= 15 is 0 Å². The number of hydrogen-bond donors (Lipinski definition) is 0. The summed E-state index contributed by atoms with van der Waals surface area (Å²) in [4.78, 5) is 11.2. The summed E-state index contributed by atoms with van der Waals surface area (Å²) in [6.45, 7) is 0. The molecule has 1 aliphatic rings. The summed E-state index contributed by atoms with van der Waals surface area (Å²) in [5, 5.41) is 0. The number of hydrogen-bond acceptors (Lipinski definition) is 2. The van der Waals surface area contributed by atoms with Gasteiger partial charge in [-0.05, 0) is 36.5 Å². The smallest absolute Gasteiger partial charge is 0.337 e. The summed E-state index contributed by atoms with van der Waals surface area (Å²) in [5.41, 5.74) is 1.73. The van der Waals surface area contributed by atoms with Crippen LogP contribution in [0.25, 0.3) is 6.08 Å². The van der Waals surface area contributed by atoms with Gasteiger partial charge in [-0.25, -0.2) is 4.79 Å². The zero-order chi connectivity index (χ0) is 10.7. The molecular weight excluding hydrogens is 188 g/mol. The quantitative estimate of drug-likeness (QED) is 0.704. The van der Waals surface area contributed by atoms with Gasteiger partial charge in [-0.3, -0.25) is 0 Å². The summed E-state index contributed by atoms with van der Waals surface area (Å²) < 4.78 is 4.63. The van der Waals surface area contributed by atoms with Gasteiger partial charge in [0.15, 0.2) is 0 Å². The average molecular weight is 202 g/mol. The Morgan fingerprint density at radius 2 is 2.00 bits per heavy atom. The van der Waals surface area contributed by atoms with Gasteiger partial charge in [0.2, 0.25) is 0 Å². The fourth-order valence-corrected chi connectivity index (χ4v) is 1.38. The Balaban J connectivity index is 2.05. The second kappa shape index (κ2) is 4.30. The topological polar surface area (TPSA) is 26.3 Å². The lowest BCUT2D eigenvalue weighted by Crippen LogP contribution is -2.00. The lowest BCUT2D eigenvalue weighted by molar-refractivity contribution is 0.0601. The van der Waals surface area contributed by atoms with Crippen LogP contribution in [0.1, 0.15) is 28.8 Å². The van der Waals surface area contributed by atoms with Crippen LogP contribution < -0.4 is 0 Å². The van der Waals surface area contributed by atoms with Gasteiger partial charge in [-0.15, -0.1) is 0 Å². The Morgan fingerprint density at radius 3 is 2.53 bits per heavy atom. The molecule has 2 nitrogen and oxygen atoms in total. The lowest BCUT2D eigenvalue weighted by Gasteiger charge is -1.99. The Kier molecular flexibility index (Phi) is 2.86. The van der Waals surface area contributed by atoms with E-state index in [4.69, 9.17) is 0 Å². The second-order valence-corrected chi connectivity index (χ2v) is 3.81. The van der Waals surface area contributed by atoms with Crippen molar-refractivity contribution in [1.82, 2.24) is 0 Å². The first kappa shape index (κ1) is 9.97. The Morgan fingerprint density at radius 1 is 1.33 bits per heavy atom. The van der Waals surface area contributed by atoms with Gasteiger partial charge in [0.05, 0.1) is 12.7 Å². The van der Waals surface area contributed by atoms with Gasteiger partial charge in [0, 0.05) is 0 Å². The molecule has 0 bridgehead atoms. The molecule has 78 valence electrons. The van der Waals surface area contributed by atoms with E-state index in [-0.39, 0.29) is 5.97 Å². The summed E-state index contributed by atoms with van der Waals surface area (Å²) in [6, 6.07) is 7.45. The highest BCUT2D eigenvalue weighted by molar-refractivity contribution is 5.89. The van der Waals surface area contributed by atoms with Crippen LogP contribution in [0.15, 0.2) is 30.3 Å². The fraction of sp³-hybridized carbons (Fsp3) is 0.308. The zero-order valence-electron chi connectivity index (χ0n) is 8.77. The highest BCUT2D eigenvalue weighted by atomic mass is 16.5. The molecule has 1 aromatic carbocycles. The maximum absolute atomic E-state index is 11.2. The fourth-order valence-electron chi connectivity index (χ4n) is 1.38. The van der Waals surface area contributed by atoms with Gasteiger partial charge in [0.1, 0.15) is 0 Å². The normalized spacial score (nSPS) is 15.5. The first-order chi connectivity index (χ1) is 7.29. The predicted molar refractivity (Wildman–Crippen MR) is 59.5 cm³/mol. The first-order valence-electron chi connectivity index (χ1n) is 5.16. The molecule has 2 heteroatoms. The van der Waals surface area contributed by atoms with Crippen molar-refractivity contribution in [1.29, 1.82) is 0 Å². The number of benzene rings is 1. The van der Waals surface area contributed by atoms with Crippen LogP contribution in [-0.2, 0) is 4.74 Å². The van der Waals surface area contributed by atoms with Crippen molar-refractivity contribution >= 4 is 12.0 Å². The van der Waals surface area contributed by atoms with E-state index in [0.717, 1.165) is 11.5 Å². The largest absolute Gasteiger partial charge is 0.465 e. The van der Waals surface area contributed by atoms with Crippen molar-refractivity contribution in [3.63, 3.8) is 0 Å². The van der Waals surface area contributed by atoms with Gasteiger partial charge in [-0.1, -0.05) is 24.3 Å². The van der Waals surface area contributed by atoms with E-state index in [9.17, 15) is 4.79 Å². The monoisotopic (exact) mass is 202 g/mol. The molecule has 1 fully saturated rings. The maximum Gasteiger partial charge on any atom is 0.337 e. The molecule has 0 saturated heterocycles. The van der Waals surface area contributed by atoms with Gasteiger partial charge < -0.3 is 4.74 Å². The van der Waals surface area contributed by atoms with Crippen LogP contribution in [0.5, 0.6) is 0 Å². The molecular formula is C13H14O2. The van der Waals surface area contributed by atoms with E-state index in [1.807, 2.05) is 12.1 Å². The van der Waals surface area contributed by atoms with E-state index in [0.29, 0.717) is 5.56 Å². The molecule has 1 aromatic rings. The number of esters is 1. The Labute approximate surface area is 89.6 Å². The highest BCUT2D eigenvalue weighted by Gasteiger charge is 2.16. The Bertz CT molecular complexity index is 372. The molecule has 15 heavy (non-hydrogen) atoms. The van der Waals surface area contributed by atoms with E-state index in [2.05, 4.69) is 16.9 Å². The molecule has 0 aliphatic heterocycles. The molecule has 0 N–H and O–H groups in total. The van der Waals surface area contributed by atoms with Crippen LogP contribution in [0, 0.1) is 5.92 Å². The molecule has 0 aromatic heterocycles. The van der Waals surface area contributed by atoms with E-state index < -0.39 is 0 Å².